The van der Waals surface area contributed by atoms with Crippen LogP contribution in [-0.2, 0) is 18.3 Å². The molecule has 6 nitrogen and oxygen atoms in total. The summed E-state index contributed by atoms with van der Waals surface area (Å²) in [5, 5.41) is 12.0. The van der Waals surface area contributed by atoms with Crippen LogP contribution in [0.5, 0.6) is 0 Å². The minimum atomic E-state index is -0.0669. The first-order valence-corrected chi connectivity index (χ1v) is 8.97. The van der Waals surface area contributed by atoms with Gasteiger partial charge >= 0.3 is 0 Å². The number of nitrogens with one attached hydrogen (secondary N) is 1. The lowest BCUT2D eigenvalue weighted by Crippen LogP contribution is -2.14. The normalized spacial score (nSPS) is 10.6. The molecule has 1 amide bonds. The Morgan fingerprint density at radius 3 is 2.52 bits per heavy atom. The maximum atomic E-state index is 12.1. The van der Waals surface area contributed by atoms with Gasteiger partial charge in [0.1, 0.15) is 0 Å². The van der Waals surface area contributed by atoms with E-state index in [1.165, 1.54) is 17.3 Å². The Morgan fingerprint density at radius 2 is 1.84 bits per heavy atom. The van der Waals surface area contributed by atoms with Gasteiger partial charge < -0.3 is 9.88 Å². The number of carbonyl (C=O) groups excluding carboxylic acids is 1. The van der Waals surface area contributed by atoms with Gasteiger partial charge in [-0.05, 0) is 36.2 Å². The van der Waals surface area contributed by atoms with Crippen molar-refractivity contribution in [3.8, 4) is 11.4 Å². The quantitative estimate of drug-likeness (QED) is 0.689. The van der Waals surface area contributed by atoms with E-state index < -0.39 is 0 Å². The molecule has 3 rings (SSSR count). The first kappa shape index (κ1) is 17.2. The second kappa shape index (κ2) is 7.94. The Morgan fingerprint density at radius 1 is 1.12 bits per heavy atom. The highest BCUT2D eigenvalue weighted by atomic mass is 32.2. The topological polar surface area (TPSA) is 72.7 Å². The lowest BCUT2D eigenvalue weighted by molar-refractivity contribution is -0.113. The summed E-state index contributed by atoms with van der Waals surface area (Å²) in [7, 11) is 1.89. The predicted molar refractivity (Wildman–Crippen MR) is 99.4 cm³/mol. The van der Waals surface area contributed by atoms with Crippen LogP contribution in [-0.4, -0.2) is 31.4 Å². The molecule has 0 atom stereocenters. The van der Waals surface area contributed by atoms with E-state index in [4.69, 9.17) is 0 Å². The van der Waals surface area contributed by atoms with Crippen molar-refractivity contribution in [2.45, 2.75) is 18.5 Å². The third kappa shape index (κ3) is 4.24. The Bertz CT molecular complexity index is 846. The molecule has 2 heterocycles. The number of thioether (sulfide) groups is 1. The van der Waals surface area contributed by atoms with Gasteiger partial charge in [0.25, 0.3) is 0 Å². The number of pyridine rings is 1. The molecule has 0 fully saturated rings. The Labute approximate surface area is 150 Å². The van der Waals surface area contributed by atoms with E-state index in [9.17, 15) is 4.79 Å². The largest absolute Gasteiger partial charge is 0.325 e. The maximum Gasteiger partial charge on any atom is 0.234 e. The molecule has 0 saturated carbocycles. The molecule has 0 saturated heterocycles. The van der Waals surface area contributed by atoms with Crippen LogP contribution in [0, 0.1) is 0 Å². The second-order valence-corrected chi connectivity index (χ2v) is 6.43. The molecule has 0 bridgehead atoms. The fraction of sp³-hybridized carbons (Fsp3) is 0.222. The Balaban J connectivity index is 1.60. The molecule has 0 spiro atoms. The molecule has 3 aromatic rings. The predicted octanol–water partition coefficient (Wildman–Crippen LogP) is 3.17. The first-order valence-electron chi connectivity index (χ1n) is 7.98. The standard InChI is InChI=1S/C18H19N5OS/c1-3-13-4-6-15(7-5-13)20-16(24)12-25-18-22-21-17(23(18)2)14-8-10-19-11-9-14/h4-11H,3,12H2,1-2H3,(H,20,24). The van der Waals surface area contributed by atoms with E-state index in [2.05, 4.69) is 27.4 Å². The molecular formula is C18H19N5OS. The third-order valence-corrected chi connectivity index (χ3v) is 4.77. The van der Waals surface area contributed by atoms with Gasteiger partial charge in [0.2, 0.25) is 5.91 Å². The van der Waals surface area contributed by atoms with E-state index in [0.29, 0.717) is 5.16 Å². The summed E-state index contributed by atoms with van der Waals surface area (Å²) in [6, 6.07) is 11.6. The minimum Gasteiger partial charge on any atom is -0.325 e. The highest BCUT2D eigenvalue weighted by Crippen LogP contribution is 2.22. The fourth-order valence-corrected chi connectivity index (χ4v) is 3.05. The molecule has 0 aliphatic rings. The van der Waals surface area contributed by atoms with Crippen molar-refractivity contribution in [2.24, 2.45) is 7.05 Å². The molecule has 2 aromatic heterocycles. The van der Waals surface area contributed by atoms with Crippen molar-refractivity contribution in [2.75, 3.05) is 11.1 Å². The molecule has 0 aliphatic heterocycles. The Kier molecular flexibility index (Phi) is 5.45. The molecule has 7 heteroatoms. The van der Waals surface area contributed by atoms with Crippen molar-refractivity contribution in [3.05, 3.63) is 54.4 Å². The third-order valence-electron chi connectivity index (χ3n) is 3.75. The summed E-state index contributed by atoms with van der Waals surface area (Å²) < 4.78 is 1.88. The number of hydrogen-bond acceptors (Lipinski definition) is 5. The minimum absolute atomic E-state index is 0.0669. The lowest BCUT2D eigenvalue weighted by atomic mass is 10.1. The van der Waals surface area contributed by atoms with Gasteiger partial charge in [0.15, 0.2) is 11.0 Å². The van der Waals surface area contributed by atoms with Gasteiger partial charge in [-0.15, -0.1) is 10.2 Å². The number of carbonyl (C=O) groups is 1. The summed E-state index contributed by atoms with van der Waals surface area (Å²) in [5.41, 5.74) is 2.99. The number of amides is 1. The van der Waals surface area contributed by atoms with Crippen LogP contribution < -0.4 is 5.32 Å². The maximum absolute atomic E-state index is 12.1. The van der Waals surface area contributed by atoms with Crippen molar-refractivity contribution >= 4 is 23.4 Å². The summed E-state index contributed by atoms with van der Waals surface area (Å²) in [4.78, 5) is 16.1. The van der Waals surface area contributed by atoms with Crippen LogP contribution >= 0.6 is 11.8 Å². The number of aryl methyl sites for hydroxylation is 1. The molecule has 25 heavy (non-hydrogen) atoms. The zero-order valence-corrected chi connectivity index (χ0v) is 15.0. The number of anilines is 1. The summed E-state index contributed by atoms with van der Waals surface area (Å²) in [6.07, 6.45) is 4.41. The average molecular weight is 353 g/mol. The van der Waals surface area contributed by atoms with Crippen molar-refractivity contribution in [1.82, 2.24) is 19.7 Å². The van der Waals surface area contributed by atoms with E-state index >= 15 is 0 Å². The average Bonchev–Trinajstić information content (AvgIpc) is 3.02. The number of rotatable bonds is 6. The second-order valence-electron chi connectivity index (χ2n) is 5.49. The summed E-state index contributed by atoms with van der Waals surface area (Å²) >= 11 is 1.36. The van der Waals surface area contributed by atoms with Crippen LogP contribution in [0.4, 0.5) is 5.69 Å². The smallest absolute Gasteiger partial charge is 0.234 e. The lowest BCUT2D eigenvalue weighted by Gasteiger charge is -2.06. The van der Waals surface area contributed by atoms with Crippen LogP contribution in [0.15, 0.2) is 53.9 Å². The monoisotopic (exact) mass is 353 g/mol. The van der Waals surface area contributed by atoms with Crippen LogP contribution in [0.2, 0.25) is 0 Å². The van der Waals surface area contributed by atoms with E-state index in [0.717, 1.165) is 23.5 Å². The van der Waals surface area contributed by atoms with Crippen molar-refractivity contribution in [1.29, 1.82) is 0 Å². The van der Waals surface area contributed by atoms with Gasteiger partial charge in [-0.25, -0.2) is 0 Å². The summed E-state index contributed by atoms with van der Waals surface area (Å²) in [5.74, 6) is 0.959. The highest BCUT2D eigenvalue weighted by molar-refractivity contribution is 7.99. The molecule has 0 radical (unpaired) electrons. The zero-order valence-electron chi connectivity index (χ0n) is 14.1. The summed E-state index contributed by atoms with van der Waals surface area (Å²) in [6.45, 7) is 2.10. The fourth-order valence-electron chi connectivity index (χ4n) is 2.34. The van der Waals surface area contributed by atoms with Crippen LogP contribution in [0.25, 0.3) is 11.4 Å². The number of benzene rings is 1. The van der Waals surface area contributed by atoms with Crippen LogP contribution in [0.1, 0.15) is 12.5 Å². The van der Waals surface area contributed by atoms with Gasteiger partial charge in [0.05, 0.1) is 5.75 Å². The first-order chi connectivity index (χ1) is 12.2. The molecule has 0 unspecified atom stereocenters. The molecular weight excluding hydrogens is 334 g/mol. The van der Waals surface area contributed by atoms with E-state index in [1.807, 2.05) is 48.0 Å². The molecule has 1 N–H and O–H groups in total. The number of hydrogen-bond donors (Lipinski definition) is 1. The van der Waals surface area contributed by atoms with Gasteiger partial charge in [0, 0.05) is 30.7 Å². The molecule has 1 aromatic carbocycles. The zero-order chi connectivity index (χ0) is 17.6. The molecule has 128 valence electrons. The SMILES string of the molecule is CCc1ccc(NC(=O)CSc2nnc(-c3ccncc3)n2C)cc1. The number of nitrogens with zero attached hydrogens (tertiary/aromatic N) is 4. The van der Waals surface area contributed by atoms with Crippen molar-refractivity contribution in [3.63, 3.8) is 0 Å². The van der Waals surface area contributed by atoms with Crippen LogP contribution in [0.3, 0.4) is 0 Å². The van der Waals surface area contributed by atoms with Crippen molar-refractivity contribution < 1.29 is 4.79 Å². The molecule has 0 aliphatic carbocycles. The van der Waals surface area contributed by atoms with E-state index in [1.54, 1.807) is 12.4 Å². The van der Waals surface area contributed by atoms with Gasteiger partial charge in [-0.3, -0.25) is 9.78 Å². The van der Waals surface area contributed by atoms with Gasteiger partial charge in [-0.1, -0.05) is 30.8 Å². The van der Waals surface area contributed by atoms with E-state index in [-0.39, 0.29) is 11.7 Å². The Hall–Kier alpha value is -2.67. The van der Waals surface area contributed by atoms with Gasteiger partial charge in [-0.2, -0.15) is 0 Å². The highest BCUT2D eigenvalue weighted by Gasteiger charge is 2.12. The number of aromatic nitrogens is 4.